The Kier molecular flexibility index (Phi) is 9.44. The number of rotatable bonds is 11. The van der Waals surface area contributed by atoms with E-state index in [4.69, 9.17) is 9.47 Å². The maximum absolute atomic E-state index is 13.9. The molecule has 2 heterocycles. The third-order valence-corrected chi connectivity index (χ3v) is 7.59. The second-order valence-corrected chi connectivity index (χ2v) is 9.88. The summed E-state index contributed by atoms with van der Waals surface area (Å²) in [6, 6.07) is 6.31. The van der Waals surface area contributed by atoms with E-state index in [2.05, 4.69) is 4.98 Å². The molecule has 0 spiro atoms. The second-order valence-electron chi connectivity index (χ2n) is 9.88. The molecule has 1 atom stereocenters. The number of benzene rings is 2. The molecule has 1 amide bonds. The first kappa shape index (κ1) is 29.5. The number of hydroxylamine groups is 1. The Balaban J connectivity index is 1.42. The number of halogens is 4. The van der Waals surface area contributed by atoms with Gasteiger partial charge in [0.05, 0.1) is 24.1 Å². The highest BCUT2D eigenvalue weighted by atomic mass is 19.2. The Morgan fingerprint density at radius 2 is 1.95 bits per heavy atom. The number of fused-ring (bicyclic) bond motifs is 1. The highest BCUT2D eigenvalue weighted by molar-refractivity contribution is 5.85. The molecule has 4 rings (SSSR count). The zero-order valence-electron chi connectivity index (χ0n) is 21.9. The van der Waals surface area contributed by atoms with Crippen molar-refractivity contribution in [3.63, 3.8) is 0 Å². The number of pyridine rings is 1. The monoisotopic (exact) mass is 565 g/mol. The Morgan fingerprint density at radius 3 is 2.62 bits per heavy atom. The van der Waals surface area contributed by atoms with Gasteiger partial charge in [0.2, 0.25) is 11.7 Å². The molecule has 216 valence electrons. The predicted octanol–water partition coefficient (Wildman–Crippen LogP) is 4.61. The number of hydrogen-bond donors (Lipinski definition) is 3. The maximum atomic E-state index is 13.9. The topological polar surface area (TPSA) is 104 Å². The number of aliphatic hydroxyl groups excluding tert-OH is 1. The highest BCUT2D eigenvalue weighted by Crippen LogP contribution is 2.40. The lowest BCUT2D eigenvalue weighted by Gasteiger charge is -2.40. The highest BCUT2D eigenvalue weighted by Gasteiger charge is 2.41. The van der Waals surface area contributed by atoms with E-state index in [9.17, 15) is 32.7 Å². The first-order valence-corrected chi connectivity index (χ1v) is 12.8. The average molecular weight is 566 g/mol. The van der Waals surface area contributed by atoms with Crippen molar-refractivity contribution in [1.82, 2.24) is 15.4 Å². The van der Waals surface area contributed by atoms with E-state index in [0.29, 0.717) is 60.8 Å². The van der Waals surface area contributed by atoms with Crippen molar-refractivity contribution < 1.29 is 42.1 Å². The van der Waals surface area contributed by atoms with E-state index in [0.717, 1.165) is 6.07 Å². The normalized spacial score (nSPS) is 16.1. The van der Waals surface area contributed by atoms with Gasteiger partial charge in [0.15, 0.2) is 11.6 Å². The van der Waals surface area contributed by atoms with Crippen LogP contribution in [0.4, 0.5) is 17.6 Å². The number of hydrogen-bond acceptors (Lipinski definition) is 7. The van der Waals surface area contributed by atoms with Crippen LogP contribution in [0.3, 0.4) is 0 Å². The second kappa shape index (κ2) is 12.8. The van der Waals surface area contributed by atoms with Crippen LogP contribution in [0.25, 0.3) is 10.9 Å². The third kappa shape index (κ3) is 6.29. The fraction of sp³-hybridized carbons (Fsp3) is 0.429. The Bertz CT molecular complexity index is 1350. The SMILES string of the molecule is COc1ccc2ncc(CF)c(C(O)CCC3(C(=O)NO)CCN(CCOc4cc(F)cc(F)c4F)CC3)c2c1. The molecule has 8 nitrogen and oxygen atoms in total. The fourth-order valence-corrected chi connectivity index (χ4v) is 5.25. The maximum Gasteiger partial charge on any atom is 0.249 e. The van der Waals surface area contributed by atoms with Gasteiger partial charge in [-0.25, -0.2) is 18.7 Å². The molecule has 1 fully saturated rings. The summed E-state index contributed by atoms with van der Waals surface area (Å²) < 4.78 is 65.0. The molecule has 1 aliphatic rings. The summed E-state index contributed by atoms with van der Waals surface area (Å²) in [5, 5.41) is 21.2. The number of nitrogens with zero attached hydrogens (tertiary/aromatic N) is 2. The first-order chi connectivity index (χ1) is 19.2. The van der Waals surface area contributed by atoms with E-state index in [1.165, 1.54) is 13.3 Å². The first-order valence-electron chi connectivity index (χ1n) is 12.8. The Hall–Kier alpha value is -3.48. The molecule has 40 heavy (non-hydrogen) atoms. The molecule has 2 aromatic carbocycles. The van der Waals surface area contributed by atoms with Crippen molar-refractivity contribution in [3.05, 3.63) is 65.1 Å². The molecule has 1 aromatic heterocycles. The van der Waals surface area contributed by atoms with Gasteiger partial charge in [0, 0.05) is 35.8 Å². The van der Waals surface area contributed by atoms with Crippen LogP contribution in [0.5, 0.6) is 11.5 Å². The van der Waals surface area contributed by atoms with Crippen molar-refractivity contribution >= 4 is 16.8 Å². The smallest absolute Gasteiger partial charge is 0.249 e. The molecule has 1 aliphatic heterocycles. The summed E-state index contributed by atoms with van der Waals surface area (Å²) in [5.41, 5.74) is 1.91. The number of ether oxygens (including phenoxy) is 2. The number of amides is 1. The quantitative estimate of drug-likeness (QED) is 0.135. The number of aliphatic hydroxyl groups is 1. The van der Waals surface area contributed by atoms with E-state index in [1.807, 2.05) is 4.90 Å². The summed E-state index contributed by atoms with van der Waals surface area (Å²) in [4.78, 5) is 19.0. The van der Waals surface area contributed by atoms with Gasteiger partial charge in [-0.1, -0.05) is 0 Å². The number of carbonyl (C=O) groups is 1. The summed E-state index contributed by atoms with van der Waals surface area (Å²) >= 11 is 0. The van der Waals surface area contributed by atoms with Gasteiger partial charge in [-0.3, -0.25) is 19.9 Å². The number of aromatic nitrogens is 1. The molecule has 0 radical (unpaired) electrons. The molecule has 3 aromatic rings. The zero-order valence-corrected chi connectivity index (χ0v) is 21.9. The standard InChI is InChI=1S/C28H31F4N3O5/c1-39-19-2-3-22-20(14-19)25(17(15-29)16-33-22)23(36)4-5-28(27(37)34-38)6-8-35(9-7-28)10-11-40-24-13-18(30)12-21(31)26(24)32/h2-3,12-14,16,23,36,38H,4-11,15H2,1H3,(H,34,37). The lowest BCUT2D eigenvalue weighted by Crippen LogP contribution is -2.49. The van der Waals surface area contributed by atoms with Crippen molar-refractivity contribution in [1.29, 1.82) is 0 Å². The summed E-state index contributed by atoms with van der Waals surface area (Å²) in [6.45, 7) is 0.262. The minimum absolute atomic E-state index is 0.0394. The predicted molar refractivity (Wildman–Crippen MR) is 137 cm³/mol. The molecular weight excluding hydrogens is 534 g/mol. The van der Waals surface area contributed by atoms with Crippen molar-refractivity contribution in [2.75, 3.05) is 33.4 Å². The van der Waals surface area contributed by atoms with Gasteiger partial charge in [0.25, 0.3) is 0 Å². The lowest BCUT2D eigenvalue weighted by atomic mass is 9.73. The van der Waals surface area contributed by atoms with Gasteiger partial charge < -0.3 is 14.6 Å². The number of carbonyl (C=O) groups excluding carboxylic acids is 1. The van der Waals surface area contributed by atoms with Crippen LogP contribution in [0.2, 0.25) is 0 Å². The number of piperidine rings is 1. The molecule has 0 saturated carbocycles. The molecule has 1 saturated heterocycles. The number of methoxy groups -OCH3 is 1. The Morgan fingerprint density at radius 1 is 1.20 bits per heavy atom. The number of nitrogens with one attached hydrogen (secondary N) is 1. The largest absolute Gasteiger partial charge is 0.497 e. The Labute approximate surface area is 228 Å². The van der Waals surface area contributed by atoms with Crippen LogP contribution in [0, 0.1) is 22.9 Å². The van der Waals surface area contributed by atoms with Crippen LogP contribution in [-0.2, 0) is 11.5 Å². The fourth-order valence-electron chi connectivity index (χ4n) is 5.25. The molecule has 0 aliphatic carbocycles. The van der Waals surface area contributed by atoms with Gasteiger partial charge >= 0.3 is 0 Å². The third-order valence-electron chi connectivity index (χ3n) is 7.59. The molecular formula is C28H31F4N3O5. The van der Waals surface area contributed by atoms with Crippen LogP contribution < -0.4 is 15.0 Å². The number of likely N-dealkylation sites (tertiary alicyclic amines) is 1. The summed E-state index contributed by atoms with van der Waals surface area (Å²) in [5.74, 6) is -4.14. The lowest BCUT2D eigenvalue weighted by molar-refractivity contribution is -0.144. The van der Waals surface area contributed by atoms with Crippen molar-refractivity contribution in [2.24, 2.45) is 5.41 Å². The van der Waals surface area contributed by atoms with Gasteiger partial charge in [-0.15, -0.1) is 0 Å². The van der Waals surface area contributed by atoms with Gasteiger partial charge in [0.1, 0.15) is 24.8 Å². The molecule has 0 bridgehead atoms. The van der Waals surface area contributed by atoms with E-state index in [1.54, 1.807) is 23.7 Å². The zero-order chi connectivity index (χ0) is 28.9. The number of alkyl halides is 1. The van der Waals surface area contributed by atoms with Crippen molar-refractivity contribution in [3.8, 4) is 11.5 Å². The minimum atomic E-state index is -1.34. The van der Waals surface area contributed by atoms with E-state index in [-0.39, 0.29) is 25.0 Å². The van der Waals surface area contributed by atoms with E-state index < -0.39 is 47.3 Å². The summed E-state index contributed by atoms with van der Waals surface area (Å²) in [7, 11) is 1.50. The van der Waals surface area contributed by atoms with Gasteiger partial charge in [-0.2, -0.15) is 4.39 Å². The van der Waals surface area contributed by atoms with Gasteiger partial charge in [-0.05, 0) is 62.5 Å². The van der Waals surface area contributed by atoms with Crippen LogP contribution in [-0.4, -0.2) is 59.5 Å². The van der Waals surface area contributed by atoms with E-state index >= 15 is 0 Å². The average Bonchev–Trinajstić information content (AvgIpc) is 2.97. The van der Waals surface area contributed by atoms with Crippen LogP contribution >= 0.6 is 0 Å². The van der Waals surface area contributed by atoms with Crippen LogP contribution in [0.1, 0.15) is 42.9 Å². The molecule has 3 N–H and O–H groups in total. The molecule has 1 unspecified atom stereocenters. The summed E-state index contributed by atoms with van der Waals surface area (Å²) in [6.07, 6.45) is 1.25. The van der Waals surface area contributed by atoms with Crippen LogP contribution in [0.15, 0.2) is 36.5 Å². The minimum Gasteiger partial charge on any atom is -0.497 e. The van der Waals surface area contributed by atoms with Crippen molar-refractivity contribution in [2.45, 2.75) is 38.5 Å². The molecule has 12 heteroatoms.